The van der Waals surface area contributed by atoms with Crippen LogP contribution in [0.1, 0.15) is 52.2 Å². The number of rotatable bonds is 4. The molecule has 0 aliphatic heterocycles. The van der Waals surface area contributed by atoms with Crippen molar-refractivity contribution in [3.8, 4) is 0 Å². The molecular weight excluding hydrogens is 254 g/mol. The summed E-state index contributed by atoms with van der Waals surface area (Å²) in [5.41, 5.74) is 3.65. The molecule has 0 saturated carbocycles. The van der Waals surface area contributed by atoms with Crippen molar-refractivity contribution >= 4 is 22.7 Å². The largest absolute Gasteiger partial charge is 0.478 e. The van der Waals surface area contributed by atoms with Gasteiger partial charge in [-0.15, -0.1) is 0 Å². The highest BCUT2D eigenvalue weighted by Gasteiger charge is 2.20. The molecule has 0 atom stereocenters. The highest BCUT2D eigenvalue weighted by atomic mass is 16.4. The number of nitrogens with zero attached hydrogens (tertiary/aromatic N) is 1. The monoisotopic (exact) mass is 273 g/mol. The molecule has 1 heterocycles. The van der Waals surface area contributed by atoms with Crippen molar-refractivity contribution in [2.45, 2.75) is 40.7 Å². The maximum absolute atomic E-state index is 11.9. The van der Waals surface area contributed by atoms with Gasteiger partial charge in [-0.25, -0.2) is 4.79 Å². The number of aryl methyl sites for hydroxylation is 2. The number of carboxylic acids is 1. The van der Waals surface area contributed by atoms with Crippen molar-refractivity contribution in [3.63, 3.8) is 0 Å². The molecule has 20 heavy (non-hydrogen) atoms. The lowest BCUT2D eigenvalue weighted by Crippen LogP contribution is -2.02. The van der Waals surface area contributed by atoms with E-state index in [1.54, 1.807) is 12.1 Å². The van der Waals surface area contributed by atoms with Crippen LogP contribution >= 0.6 is 0 Å². The first-order valence-electron chi connectivity index (χ1n) is 6.76. The average Bonchev–Trinajstić information content (AvgIpc) is 2.63. The molecule has 106 valence electrons. The third-order valence-electron chi connectivity index (χ3n) is 3.65. The predicted octanol–water partition coefficient (Wildman–Crippen LogP) is 3.57. The topological polar surface area (TPSA) is 59.3 Å². The fraction of sp³-hybridized carbons (Fsp3) is 0.375. The second-order valence-electron chi connectivity index (χ2n) is 5.16. The first-order valence-corrected chi connectivity index (χ1v) is 6.76. The predicted molar refractivity (Wildman–Crippen MR) is 78.7 cm³/mol. The van der Waals surface area contributed by atoms with Gasteiger partial charge in [0.25, 0.3) is 0 Å². The van der Waals surface area contributed by atoms with Crippen molar-refractivity contribution in [2.75, 3.05) is 0 Å². The lowest BCUT2D eigenvalue weighted by molar-refractivity contribution is 0.0696. The van der Waals surface area contributed by atoms with Crippen molar-refractivity contribution in [1.82, 2.24) is 4.57 Å². The van der Waals surface area contributed by atoms with Crippen LogP contribution in [0.2, 0.25) is 0 Å². The van der Waals surface area contributed by atoms with Gasteiger partial charge >= 0.3 is 5.97 Å². The second kappa shape index (κ2) is 5.12. The number of aromatic nitrogens is 1. The Morgan fingerprint density at radius 3 is 2.40 bits per heavy atom. The Kier molecular flexibility index (Phi) is 3.66. The number of carboxylic acid groups (broad SMARTS) is 1. The van der Waals surface area contributed by atoms with Gasteiger partial charge in [-0.05, 0) is 44.9 Å². The van der Waals surface area contributed by atoms with E-state index in [1.165, 1.54) is 6.92 Å². The number of hydrogen-bond acceptors (Lipinski definition) is 2. The smallest absolute Gasteiger partial charge is 0.335 e. The zero-order chi connectivity index (χ0) is 15.0. The lowest BCUT2D eigenvalue weighted by Gasteiger charge is -2.08. The summed E-state index contributed by atoms with van der Waals surface area (Å²) in [5.74, 6) is -0.991. The van der Waals surface area contributed by atoms with Crippen LogP contribution in [0.3, 0.4) is 0 Å². The van der Waals surface area contributed by atoms with Crippen LogP contribution in [-0.2, 0) is 6.54 Å². The zero-order valence-corrected chi connectivity index (χ0v) is 12.3. The van der Waals surface area contributed by atoms with Crippen LogP contribution in [0.15, 0.2) is 12.1 Å². The Labute approximate surface area is 118 Å². The zero-order valence-electron chi connectivity index (χ0n) is 12.3. The number of ketones is 1. The molecule has 1 N–H and O–H groups in total. The molecule has 0 aliphatic carbocycles. The SMILES string of the molecule is CCCn1c(C)c(C(C)=O)c2cc(C(=O)O)cc(C)c21. The summed E-state index contributed by atoms with van der Waals surface area (Å²) >= 11 is 0. The summed E-state index contributed by atoms with van der Waals surface area (Å²) in [6, 6.07) is 3.28. The van der Waals surface area contributed by atoms with Crippen molar-refractivity contribution < 1.29 is 14.7 Å². The van der Waals surface area contributed by atoms with E-state index in [9.17, 15) is 14.7 Å². The average molecular weight is 273 g/mol. The fourth-order valence-corrected chi connectivity index (χ4v) is 2.90. The summed E-state index contributed by atoms with van der Waals surface area (Å²) in [4.78, 5) is 23.1. The number of fused-ring (bicyclic) bond motifs is 1. The molecule has 1 aromatic carbocycles. The van der Waals surface area contributed by atoms with Crippen LogP contribution < -0.4 is 0 Å². The molecule has 0 spiro atoms. The van der Waals surface area contributed by atoms with Gasteiger partial charge in [-0.2, -0.15) is 0 Å². The molecule has 2 aromatic rings. The van der Waals surface area contributed by atoms with Gasteiger partial charge in [0.1, 0.15) is 0 Å². The van der Waals surface area contributed by atoms with Gasteiger partial charge in [0.15, 0.2) is 5.78 Å². The third-order valence-corrected chi connectivity index (χ3v) is 3.65. The van der Waals surface area contributed by atoms with Crippen LogP contribution in [0.5, 0.6) is 0 Å². The maximum atomic E-state index is 11.9. The number of hydrogen-bond donors (Lipinski definition) is 1. The number of carbonyl (C=O) groups excluding carboxylic acids is 1. The van der Waals surface area contributed by atoms with E-state index >= 15 is 0 Å². The summed E-state index contributed by atoms with van der Waals surface area (Å²) in [6.45, 7) is 8.25. The summed E-state index contributed by atoms with van der Waals surface area (Å²) in [5, 5.41) is 9.94. The minimum absolute atomic E-state index is 0.0238. The first-order chi connectivity index (χ1) is 9.38. The number of Topliss-reactive ketones (excluding diaryl/α,β-unsaturated/α-hetero) is 1. The maximum Gasteiger partial charge on any atom is 0.335 e. The molecular formula is C16H19NO3. The minimum Gasteiger partial charge on any atom is -0.478 e. The van der Waals surface area contributed by atoms with Gasteiger partial charge in [-0.3, -0.25) is 4.79 Å². The van der Waals surface area contributed by atoms with Crippen molar-refractivity contribution in [3.05, 3.63) is 34.5 Å². The van der Waals surface area contributed by atoms with Gasteiger partial charge in [0, 0.05) is 23.2 Å². The molecule has 0 radical (unpaired) electrons. The van der Waals surface area contributed by atoms with E-state index in [1.807, 2.05) is 13.8 Å². The molecule has 0 aliphatic rings. The Balaban J connectivity index is 2.92. The van der Waals surface area contributed by atoms with Crippen molar-refractivity contribution in [1.29, 1.82) is 0 Å². The van der Waals surface area contributed by atoms with E-state index in [0.717, 1.165) is 35.1 Å². The molecule has 0 unspecified atom stereocenters. The van der Waals surface area contributed by atoms with Gasteiger partial charge in [0.05, 0.1) is 11.1 Å². The van der Waals surface area contributed by atoms with Gasteiger partial charge in [-0.1, -0.05) is 6.92 Å². The molecule has 4 nitrogen and oxygen atoms in total. The summed E-state index contributed by atoms with van der Waals surface area (Å²) in [6.07, 6.45) is 0.960. The molecule has 0 bridgehead atoms. The Morgan fingerprint density at radius 2 is 1.90 bits per heavy atom. The molecule has 1 aromatic heterocycles. The van der Waals surface area contributed by atoms with Crippen molar-refractivity contribution in [2.24, 2.45) is 0 Å². The van der Waals surface area contributed by atoms with Gasteiger partial charge < -0.3 is 9.67 Å². The number of carbonyl (C=O) groups is 2. The molecule has 0 fully saturated rings. The molecule has 0 saturated heterocycles. The minimum atomic E-state index is -0.967. The quantitative estimate of drug-likeness (QED) is 0.866. The summed E-state index contributed by atoms with van der Waals surface area (Å²) in [7, 11) is 0. The normalized spacial score (nSPS) is 11.0. The molecule has 4 heteroatoms. The van der Waals surface area contributed by atoms with E-state index in [2.05, 4.69) is 11.5 Å². The van der Waals surface area contributed by atoms with E-state index < -0.39 is 5.97 Å². The second-order valence-corrected chi connectivity index (χ2v) is 5.16. The summed E-state index contributed by atoms with van der Waals surface area (Å²) < 4.78 is 2.12. The standard InChI is InChI=1S/C16H19NO3/c1-5-6-17-10(3)14(11(4)18)13-8-12(16(19)20)7-9(2)15(13)17/h7-8H,5-6H2,1-4H3,(H,19,20). The Morgan fingerprint density at radius 1 is 1.25 bits per heavy atom. The Bertz CT molecular complexity index is 710. The molecule has 0 amide bonds. The van der Waals surface area contributed by atoms with Crippen LogP contribution in [0.4, 0.5) is 0 Å². The van der Waals surface area contributed by atoms with E-state index in [0.29, 0.717) is 5.56 Å². The third kappa shape index (κ3) is 2.11. The first kappa shape index (κ1) is 14.3. The van der Waals surface area contributed by atoms with Crippen LogP contribution in [-0.4, -0.2) is 21.4 Å². The van der Waals surface area contributed by atoms with Gasteiger partial charge in [0.2, 0.25) is 0 Å². The van der Waals surface area contributed by atoms with E-state index in [4.69, 9.17) is 0 Å². The number of aromatic carboxylic acids is 1. The molecule has 2 rings (SSSR count). The Hall–Kier alpha value is -2.10. The highest BCUT2D eigenvalue weighted by Crippen LogP contribution is 2.30. The van der Waals surface area contributed by atoms with Crippen LogP contribution in [0, 0.1) is 13.8 Å². The van der Waals surface area contributed by atoms with Crippen LogP contribution in [0.25, 0.3) is 10.9 Å². The number of benzene rings is 1. The fourth-order valence-electron chi connectivity index (χ4n) is 2.90. The lowest BCUT2D eigenvalue weighted by atomic mass is 10.0. The highest BCUT2D eigenvalue weighted by molar-refractivity contribution is 6.10. The van der Waals surface area contributed by atoms with E-state index in [-0.39, 0.29) is 11.3 Å².